The maximum absolute atomic E-state index is 10.7. The van der Waals surface area contributed by atoms with E-state index in [4.69, 9.17) is 0 Å². The van der Waals surface area contributed by atoms with E-state index in [9.17, 15) is 5.11 Å². The molecule has 0 heterocycles. The number of aliphatic hydroxyl groups is 1. The van der Waals surface area contributed by atoms with E-state index in [0.29, 0.717) is 0 Å². The van der Waals surface area contributed by atoms with Gasteiger partial charge in [0.15, 0.2) is 0 Å². The Morgan fingerprint density at radius 3 is 1.40 bits per heavy atom. The summed E-state index contributed by atoms with van der Waals surface area (Å²) < 4.78 is 0. The number of rotatable bonds is 31. The molecule has 0 aliphatic rings. The Hall–Kier alpha value is -0.820. The van der Waals surface area contributed by atoms with Gasteiger partial charge in [-0.1, -0.05) is 160 Å². The molecule has 0 bridgehead atoms. The van der Waals surface area contributed by atoms with E-state index >= 15 is 0 Å². The molecule has 0 aliphatic carbocycles. The zero-order valence-corrected chi connectivity index (χ0v) is 28.1. The maximum atomic E-state index is 10.7. The lowest BCUT2D eigenvalue weighted by atomic mass is 9.91. The normalized spacial score (nSPS) is 14.6. The minimum Gasteiger partial charge on any atom is -0.390 e. The molecule has 0 aromatic rings. The van der Waals surface area contributed by atoms with Crippen molar-refractivity contribution in [3.8, 4) is 0 Å². The highest BCUT2D eigenvalue weighted by atomic mass is 16.3. The van der Waals surface area contributed by atoms with Crippen LogP contribution in [0.15, 0.2) is 36.5 Å². The summed E-state index contributed by atoms with van der Waals surface area (Å²) in [5.41, 5.74) is -0.451. The van der Waals surface area contributed by atoms with Gasteiger partial charge < -0.3 is 5.11 Å². The van der Waals surface area contributed by atoms with Gasteiger partial charge in [-0.05, 0) is 83.5 Å². The summed E-state index contributed by atoms with van der Waals surface area (Å²) in [6, 6.07) is 0. The third kappa shape index (κ3) is 31.7. The molecule has 0 rings (SSSR count). The van der Waals surface area contributed by atoms with Crippen LogP contribution >= 0.6 is 0 Å². The van der Waals surface area contributed by atoms with E-state index < -0.39 is 5.60 Å². The molecular weight excluding hydrogens is 484 g/mol. The fourth-order valence-electron chi connectivity index (χ4n) is 5.60. The van der Waals surface area contributed by atoms with Gasteiger partial charge in [0.05, 0.1) is 5.60 Å². The first-order chi connectivity index (χ1) is 19.5. The first kappa shape index (κ1) is 39.2. The van der Waals surface area contributed by atoms with E-state index in [-0.39, 0.29) is 0 Å². The Morgan fingerprint density at radius 2 is 0.875 bits per heavy atom. The Kier molecular flexibility index (Phi) is 30.5. The molecule has 0 aromatic carbocycles. The molecule has 0 spiro atoms. The standard InChI is InChI=1S/C39H74O/c1-5-7-9-10-11-12-13-14-15-16-17-19-22-25-28-32-36-39(4,40)37-33-29-26-23-20-18-21-24-27-31-35-38(3)34-30-8-6-2/h11-12,14-15,24,27,38,40H,5-10,13,16-23,25-26,28-37H2,1-4H3. The molecule has 1 nitrogen and oxygen atoms in total. The number of unbranched alkanes of at least 4 members (excludes halogenated alkanes) is 17. The van der Waals surface area contributed by atoms with Crippen molar-refractivity contribution in [2.75, 3.05) is 0 Å². The lowest BCUT2D eigenvalue weighted by molar-refractivity contribution is 0.0366. The van der Waals surface area contributed by atoms with Crippen LogP contribution in [-0.4, -0.2) is 10.7 Å². The van der Waals surface area contributed by atoms with Gasteiger partial charge in [0.25, 0.3) is 0 Å². The van der Waals surface area contributed by atoms with Crippen molar-refractivity contribution in [1.29, 1.82) is 0 Å². The summed E-state index contributed by atoms with van der Waals surface area (Å²) in [5, 5.41) is 10.7. The topological polar surface area (TPSA) is 20.2 Å². The Bertz CT molecular complexity index is 569. The molecule has 0 amide bonds. The van der Waals surface area contributed by atoms with Gasteiger partial charge in [-0.3, -0.25) is 0 Å². The highest BCUT2D eigenvalue weighted by Gasteiger charge is 2.18. The third-order valence-corrected chi connectivity index (χ3v) is 8.55. The van der Waals surface area contributed by atoms with Crippen LogP contribution in [0.1, 0.15) is 201 Å². The lowest BCUT2D eigenvalue weighted by Crippen LogP contribution is -2.23. The van der Waals surface area contributed by atoms with Crippen LogP contribution in [0.2, 0.25) is 0 Å². The second-order valence-electron chi connectivity index (χ2n) is 13.1. The number of allylic oxidation sites excluding steroid dienone is 6. The van der Waals surface area contributed by atoms with Crippen molar-refractivity contribution >= 4 is 0 Å². The molecule has 0 aromatic heterocycles. The van der Waals surface area contributed by atoms with E-state index in [0.717, 1.165) is 25.2 Å². The molecule has 1 heteroatoms. The SMILES string of the molecule is CCCCCC=CCC=CCCCCCCCCC(C)(O)CCCCCCCCC=CCCC(C)CCCCC. The first-order valence-corrected chi connectivity index (χ1v) is 18.2. The Morgan fingerprint density at radius 1 is 0.475 bits per heavy atom. The van der Waals surface area contributed by atoms with Gasteiger partial charge in [0, 0.05) is 0 Å². The molecule has 236 valence electrons. The molecule has 0 saturated heterocycles. The predicted molar refractivity (Wildman–Crippen MR) is 183 cm³/mol. The van der Waals surface area contributed by atoms with Crippen molar-refractivity contribution in [3.63, 3.8) is 0 Å². The average Bonchev–Trinajstić information content (AvgIpc) is 2.93. The minimum atomic E-state index is -0.451. The lowest BCUT2D eigenvalue weighted by Gasteiger charge is -2.23. The summed E-state index contributed by atoms with van der Waals surface area (Å²) in [7, 11) is 0. The van der Waals surface area contributed by atoms with Crippen LogP contribution < -0.4 is 0 Å². The monoisotopic (exact) mass is 559 g/mol. The third-order valence-electron chi connectivity index (χ3n) is 8.55. The summed E-state index contributed by atoms with van der Waals surface area (Å²) in [5.74, 6) is 0.891. The molecule has 2 unspecified atom stereocenters. The number of hydrogen-bond donors (Lipinski definition) is 1. The maximum Gasteiger partial charge on any atom is 0.0619 e. The summed E-state index contributed by atoms with van der Waals surface area (Å²) >= 11 is 0. The van der Waals surface area contributed by atoms with Gasteiger partial charge in [-0.25, -0.2) is 0 Å². The molecule has 0 radical (unpaired) electrons. The van der Waals surface area contributed by atoms with Gasteiger partial charge >= 0.3 is 0 Å². The van der Waals surface area contributed by atoms with Crippen LogP contribution in [-0.2, 0) is 0 Å². The molecule has 0 saturated carbocycles. The molecule has 2 atom stereocenters. The number of hydrogen-bond acceptors (Lipinski definition) is 1. The fraction of sp³-hybridized carbons (Fsp3) is 0.846. The van der Waals surface area contributed by atoms with E-state index in [1.165, 1.54) is 154 Å². The predicted octanol–water partition coefficient (Wildman–Crippen LogP) is 13.6. The van der Waals surface area contributed by atoms with Gasteiger partial charge in [0.1, 0.15) is 0 Å². The van der Waals surface area contributed by atoms with Crippen molar-refractivity contribution < 1.29 is 5.11 Å². The quantitative estimate of drug-likeness (QED) is 0.0662. The molecule has 0 fully saturated rings. The van der Waals surface area contributed by atoms with E-state index in [1.807, 2.05) is 0 Å². The van der Waals surface area contributed by atoms with Crippen LogP contribution in [0.3, 0.4) is 0 Å². The fourth-order valence-corrected chi connectivity index (χ4v) is 5.60. The Labute approximate surface area is 253 Å². The van der Waals surface area contributed by atoms with Gasteiger partial charge in [-0.2, -0.15) is 0 Å². The smallest absolute Gasteiger partial charge is 0.0619 e. The van der Waals surface area contributed by atoms with Crippen molar-refractivity contribution in [1.82, 2.24) is 0 Å². The molecular formula is C39H74O. The minimum absolute atomic E-state index is 0.451. The Balaban J connectivity index is 3.44. The largest absolute Gasteiger partial charge is 0.390 e. The van der Waals surface area contributed by atoms with Crippen LogP contribution in [0.4, 0.5) is 0 Å². The second-order valence-corrected chi connectivity index (χ2v) is 13.1. The second kappa shape index (κ2) is 31.1. The van der Waals surface area contributed by atoms with Crippen molar-refractivity contribution in [3.05, 3.63) is 36.5 Å². The molecule has 40 heavy (non-hydrogen) atoms. The van der Waals surface area contributed by atoms with Gasteiger partial charge in [0.2, 0.25) is 0 Å². The van der Waals surface area contributed by atoms with E-state index in [1.54, 1.807) is 0 Å². The molecule has 1 N–H and O–H groups in total. The van der Waals surface area contributed by atoms with Crippen LogP contribution in [0, 0.1) is 5.92 Å². The summed E-state index contributed by atoms with van der Waals surface area (Å²) in [6.45, 7) is 9.04. The van der Waals surface area contributed by atoms with Crippen LogP contribution in [0.5, 0.6) is 0 Å². The average molecular weight is 559 g/mol. The highest BCUT2D eigenvalue weighted by molar-refractivity contribution is 4.92. The van der Waals surface area contributed by atoms with E-state index in [2.05, 4.69) is 64.2 Å². The zero-order valence-electron chi connectivity index (χ0n) is 28.1. The first-order valence-electron chi connectivity index (χ1n) is 18.2. The van der Waals surface area contributed by atoms with Crippen molar-refractivity contribution in [2.45, 2.75) is 207 Å². The summed E-state index contributed by atoms with van der Waals surface area (Å²) in [6.07, 6.45) is 48.9. The summed E-state index contributed by atoms with van der Waals surface area (Å²) in [4.78, 5) is 0. The van der Waals surface area contributed by atoms with Gasteiger partial charge in [-0.15, -0.1) is 0 Å². The van der Waals surface area contributed by atoms with Crippen molar-refractivity contribution in [2.24, 2.45) is 5.92 Å². The van der Waals surface area contributed by atoms with Crippen LogP contribution in [0.25, 0.3) is 0 Å². The molecule has 0 aliphatic heterocycles. The zero-order chi connectivity index (χ0) is 29.4. The highest BCUT2D eigenvalue weighted by Crippen LogP contribution is 2.23.